The monoisotopic (exact) mass is 459 g/mol. The molecule has 0 rings (SSSR count). The van der Waals surface area contributed by atoms with E-state index in [4.69, 9.17) is 27.4 Å². The third-order valence-electron chi connectivity index (χ3n) is 4.30. The van der Waals surface area contributed by atoms with Gasteiger partial charge in [-0.05, 0) is 25.2 Å². The molecule has 0 aromatic carbocycles. The van der Waals surface area contributed by atoms with Gasteiger partial charge in [-0.1, -0.05) is 13.8 Å². The van der Waals surface area contributed by atoms with Crippen molar-refractivity contribution in [3.05, 3.63) is 0 Å². The van der Waals surface area contributed by atoms with E-state index in [9.17, 15) is 24.0 Å². The van der Waals surface area contributed by atoms with Gasteiger partial charge in [-0.25, -0.2) is 4.79 Å². The van der Waals surface area contributed by atoms with Crippen LogP contribution in [0.3, 0.4) is 0 Å². The molecule has 3 atom stereocenters. The first-order valence-corrected chi connectivity index (χ1v) is 9.98. The number of carbonyl (C=O) groups is 5. The highest BCUT2D eigenvalue weighted by molar-refractivity contribution is 5.92. The summed E-state index contributed by atoms with van der Waals surface area (Å²) in [6, 6.07) is -3.30. The van der Waals surface area contributed by atoms with Crippen LogP contribution in [0.5, 0.6) is 0 Å². The first-order chi connectivity index (χ1) is 14.8. The van der Waals surface area contributed by atoms with E-state index < -0.39 is 60.8 Å². The molecule has 14 nitrogen and oxygen atoms in total. The van der Waals surface area contributed by atoms with Gasteiger partial charge in [0.2, 0.25) is 17.7 Å². The molecule has 0 saturated carbocycles. The minimum atomic E-state index is -1.42. The van der Waals surface area contributed by atoms with Gasteiger partial charge in [-0.15, -0.1) is 0 Å². The lowest BCUT2D eigenvalue weighted by molar-refractivity contribution is -0.143. The maximum atomic E-state index is 12.5. The van der Waals surface area contributed by atoms with Crippen molar-refractivity contribution in [3.8, 4) is 0 Å². The van der Waals surface area contributed by atoms with Crippen LogP contribution in [-0.4, -0.2) is 77.0 Å². The molecule has 0 heterocycles. The molecule has 11 N–H and O–H groups in total. The van der Waals surface area contributed by atoms with E-state index in [1.807, 2.05) is 0 Å². The summed E-state index contributed by atoms with van der Waals surface area (Å²) < 4.78 is 0. The van der Waals surface area contributed by atoms with E-state index in [1.165, 1.54) is 0 Å². The number of rotatable bonds is 15. The number of nitrogens with two attached hydrogens (primary N) is 3. The molecule has 0 aliphatic heterocycles. The molecule has 0 aliphatic rings. The zero-order valence-corrected chi connectivity index (χ0v) is 18.2. The number of amides is 3. The van der Waals surface area contributed by atoms with Crippen molar-refractivity contribution in [3.63, 3.8) is 0 Å². The molecule has 0 radical (unpaired) electrons. The summed E-state index contributed by atoms with van der Waals surface area (Å²) >= 11 is 0. The predicted molar refractivity (Wildman–Crippen MR) is 114 cm³/mol. The molecule has 3 amide bonds. The van der Waals surface area contributed by atoms with Crippen molar-refractivity contribution < 1.29 is 34.2 Å². The molecule has 0 aromatic rings. The number of hydrogen-bond acceptors (Lipinski definition) is 7. The second-order valence-electron chi connectivity index (χ2n) is 7.39. The highest BCUT2D eigenvalue weighted by Gasteiger charge is 2.26. The van der Waals surface area contributed by atoms with Crippen LogP contribution >= 0.6 is 0 Å². The van der Waals surface area contributed by atoms with Gasteiger partial charge < -0.3 is 43.4 Å². The fraction of sp³-hybridized carbons (Fsp3) is 0.667. The lowest BCUT2D eigenvalue weighted by Crippen LogP contribution is -2.54. The average Bonchev–Trinajstić information content (AvgIpc) is 2.69. The number of carbonyl (C=O) groups excluding carboxylic acids is 3. The van der Waals surface area contributed by atoms with Crippen LogP contribution < -0.4 is 33.2 Å². The summed E-state index contributed by atoms with van der Waals surface area (Å²) in [6.45, 7) is 3.12. The number of nitrogens with zero attached hydrogens (tertiary/aromatic N) is 1. The maximum Gasteiger partial charge on any atom is 0.326 e. The van der Waals surface area contributed by atoms with Crippen LogP contribution in [0.4, 0.5) is 0 Å². The van der Waals surface area contributed by atoms with Gasteiger partial charge in [-0.2, -0.15) is 0 Å². The van der Waals surface area contributed by atoms with Crippen molar-refractivity contribution in [1.82, 2.24) is 16.0 Å². The third-order valence-corrected chi connectivity index (χ3v) is 4.30. The van der Waals surface area contributed by atoms with Crippen LogP contribution in [0.25, 0.3) is 0 Å². The average molecular weight is 460 g/mol. The molecule has 32 heavy (non-hydrogen) atoms. The zero-order valence-electron chi connectivity index (χ0n) is 18.2. The first kappa shape index (κ1) is 28.6. The topological polar surface area (TPSA) is 252 Å². The van der Waals surface area contributed by atoms with E-state index >= 15 is 0 Å². The Balaban J connectivity index is 4.96. The Labute approximate surface area is 185 Å². The van der Waals surface area contributed by atoms with Gasteiger partial charge in [0.15, 0.2) is 5.96 Å². The number of aliphatic carboxylic acids is 2. The van der Waals surface area contributed by atoms with Gasteiger partial charge in [0, 0.05) is 13.0 Å². The van der Waals surface area contributed by atoms with Crippen LogP contribution in [0.2, 0.25) is 0 Å². The van der Waals surface area contributed by atoms with E-state index in [1.54, 1.807) is 13.8 Å². The predicted octanol–water partition coefficient (Wildman–Crippen LogP) is -2.94. The van der Waals surface area contributed by atoms with Crippen molar-refractivity contribution in [2.45, 2.75) is 57.7 Å². The Bertz CT molecular complexity index is 708. The molecule has 182 valence electrons. The highest BCUT2D eigenvalue weighted by Crippen LogP contribution is 2.03. The van der Waals surface area contributed by atoms with Crippen LogP contribution in [0, 0.1) is 5.92 Å². The number of nitrogens with one attached hydrogen (secondary N) is 3. The van der Waals surface area contributed by atoms with Gasteiger partial charge in [0.1, 0.15) is 12.1 Å². The molecule has 0 bridgehead atoms. The summed E-state index contributed by atoms with van der Waals surface area (Å²) in [5.41, 5.74) is 16.3. The molecule has 0 aliphatic carbocycles. The summed E-state index contributed by atoms with van der Waals surface area (Å²) in [6.07, 6.45) is -0.280. The lowest BCUT2D eigenvalue weighted by atomic mass is 10.0. The summed E-state index contributed by atoms with van der Waals surface area (Å²) in [4.78, 5) is 62.3. The molecule has 0 fully saturated rings. The largest absolute Gasteiger partial charge is 0.481 e. The van der Waals surface area contributed by atoms with E-state index in [-0.39, 0.29) is 31.3 Å². The highest BCUT2D eigenvalue weighted by atomic mass is 16.4. The van der Waals surface area contributed by atoms with E-state index in [0.29, 0.717) is 6.42 Å². The minimum Gasteiger partial charge on any atom is -0.481 e. The Hall–Kier alpha value is -3.42. The van der Waals surface area contributed by atoms with Crippen molar-refractivity contribution in [1.29, 1.82) is 0 Å². The zero-order chi connectivity index (χ0) is 24.8. The molecular weight excluding hydrogens is 426 g/mol. The molecule has 0 spiro atoms. The number of carboxylic acid groups (broad SMARTS) is 2. The summed E-state index contributed by atoms with van der Waals surface area (Å²) in [5.74, 6) is -4.98. The van der Waals surface area contributed by atoms with E-state index in [0.717, 1.165) is 0 Å². The lowest BCUT2D eigenvalue weighted by Gasteiger charge is -2.22. The quantitative estimate of drug-likeness (QED) is 0.0702. The molecule has 0 saturated heterocycles. The molecule has 14 heteroatoms. The van der Waals surface area contributed by atoms with Gasteiger partial charge >= 0.3 is 11.9 Å². The molecular formula is C18H33N7O7. The maximum absolute atomic E-state index is 12.5. The van der Waals surface area contributed by atoms with Crippen LogP contribution in [0.1, 0.15) is 39.5 Å². The van der Waals surface area contributed by atoms with Crippen LogP contribution in [-0.2, 0) is 24.0 Å². The van der Waals surface area contributed by atoms with Gasteiger partial charge in [0.25, 0.3) is 0 Å². The second kappa shape index (κ2) is 14.6. The van der Waals surface area contributed by atoms with Crippen molar-refractivity contribution in [2.75, 3.05) is 13.1 Å². The normalized spacial score (nSPS) is 13.4. The fourth-order valence-electron chi connectivity index (χ4n) is 2.40. The SMILES string of the molecule is CC(C)C(N)C(=O)NC(CCCN=C(N)N)C(=O)NCC(=O)NC(CCC(=O)O)C(=O)O. The third kappa shape index (κ3) is 12.3. The Morgan fingerprint density at radius 2 is 1.56 bits per heavy atom. The second-order valence-corrected chi connectivity index (χ2v) is 7.39. The molecule has 3 unspecified atom stereocenters. The van der Waals surface area contributed by atoms with Gasteiger partial charge in [-0.3, -0.25) is 24.2 Å². The number of aliphatic imine (C=N–C) groups is 1. The number of carboxylic acids is 2. The Kier molecular flexibility index (Phi) is 13.0. The van der Waals surface area contributed by atoms with Crippen molar-refractivity contribution in [2.24, 2.45) is 28.1 Å². The number of hydrogen-bond donors (Lipinski definition) is 8. The van der Waals surface area contributed by atoms with Crippen LogP contribution in [0.15, 0.2) is 4.99 Å². The summed E-state index contributed by atoms with van der Waals surface area (Å²) in [7, 11) is 0. The van der Waals surface area contributed by atoms with E-state index in [2.05, 4.69) is 20.9 Å². The number of guanidine groups is 1. The standard InChI is InChI=1S/C18H33N7O7/c1-9(2)14(19)16(30)25-10(4-3-7-22-18(20)21)15(29)23-8-12(26)24-11(17(31)32)5-6-13(27)28/h9-11,14H,3-8,19H2,1-2H3,(H,23,29)(H,24,26)(H,25,30)(H,27,28)(H,31,32)(H4,20,21,22). The Morgan fingerprint density at radius 1 is 0.938 bits per heavy atom. The minimum absolute atomic E-state index is 0.121. The smallest absolute Gasteiger partial charge is 0.326 e. The summed E-state index contributed by atoms with van der Waals surface area (Å²) in [5, 5.41) is 24.7. The molecule has 0 aromatic heterocycles. The Morgan fingerprint density at radius 3 is 2.06 bits per heavy atom. The first-order valence-electron chi connectivity index (χ1n) is 9.98. The van der Waals surface area contributed by atoms with Crippen molar-refractivity contribution >= 4 is 35.6 Å². The fourth-order valence-corrected chi connectivity index (χ4v) is 2.40. The van der Waals surface area contributed by atoms with Gasteiger partial charge in [0.05, 0.1) is 12.6 Å².